The van der Waals surface area contributed by atoms with Crippen LogP contribution < -0.4 is 5.32 Å². The maximum atomic E-state index is 12.7. The Bertz CT molecular complexity index is 772. The van der Waals surface area contributed by atoms with E-state index in [1.807, 2.05) is 6.07 Å². The fraction of sp³-hybridized carbons (Fsp3) is 0.556. The predicted molar refractivity (Wildman–Crippen MR) is 96.9 cm³/mol. The van der Waals surface area contributed by atoms with Gasteiger partial charge in [-0.2, -0.15) is 9.57 Å². The number of piperazine rings is 1. The highest BCUT2D eigenvalue weighted by Crippen LogP contribution is 2.20. The Kier molecular flexibility index (Phi) is 5.79. The molecule has 0 aromatic heterocycles. The fourth-order valence-electron chi connectivity index (χ4n) is 3.49. The summed E-state index contributed by atoms with van der Waals surface area (Å²) in [5.41, 5.74) is 0.424. The molecule has 1 aliphatic heterocycles. The van der Waals surface area contributed by atoms with Crippen LogP contribution in [-0.4, -0.2) is 55.9 Å². The summed E-state index contributed by atoms with van der Waals surface area (Å²) in [7, 11) is -3.60. The van der Waals surface area contributed by atoms with Crippen molar-refractivity contribution >= 4 is 16.1 Å². The molecule has 2 amide bonds. The van der Waals surface area contributed by atoms with Gasteiger partial charge in [0.15, 0.2) is 0 Å². The van der Waals surface area contributed by atoms with Crippen molar-refractivity contribution in [1.29, 1.82) is 5.26 Å². The molecule has 1 aromatic rings. The first-order valence-corrected chi connectivity index (χ1v) is 10.5. The second-order valence-corrected chi connectivity index (χ2v) is 8.75. The lowest BCUT2D eigenvalue weighted by molar-refractivity contribution is 0.166. The lowest BCUT2D eigenvalue weighted by Crippen LogP contribution is -2.54. The Morgan fingerprint density at radius 2 is 1.65 bits per heavy atom. The van der Waals surface area contributed by atoms with Crippen molar-refractivity contribution in [1.82, 2.24) is 14.5 Å². The van der Waals surface area contributed by atoms with Crippen molar-refractivity contribution < 1.29 is 13.2 Å². The molecule has 26 heavy (non-hydrogen) atoms. The third-order valence-corrected chi connectivity index (χ3v) is 6.99. The predicted octanol–water partition coefficient (Wildman–Crippen LogP) is 1.91. The van der Waals surface area contributed by atoms with Gasteiger partial charge in [-0.1, -0.05) is 19.3 Å². The maximum Gasteiger partial charge on any atom is 0.317 e. The molecule has 3 rings (SSSR count). The summed E-state index contributed by atoms with van der Waals surface area (Å²) in [5.74, 6) is 0. The van der Waals surface area contributed by atoms with E-state index in [9.17, 15) is 13.2 Å². The van der Waals surface area contributed by atoms with E-state index < -0.39 is 10.0 Å². The van der Waals surface area contributed by atoms with Gasteiger partial charge in [0.05, 0.1) is 16.5 Å². The Labute approximate surface area is 154 Å². The molecule has 2 aliphatic rings. The first kappa shape index (κ1) is 18.7. The molecule has 8 heteroatoms. The number of carbonyl (C=O) groups excluding carboxylic acids is 1. The number of rotatable bonds is 3. The van der Waals surface area contributed by atoms with Gasteiger partial charge in [-0.25, -0.2) is 13.2 Å². The zero-order chi connectivity index (χ0) is 18.6. The van der Waals surface area contributed by atoms with E-state index in [0.717, 1.165) is 25.7 Å². The molecule has 140 valence electrons. The number of nitrogens with zero attached hydrogens (tertiary/aromatic N) is 3. The van der Waals surface area contributed by atoms with Crippen LogP contribution in [0.25, 0.3) is 0 Å². The molecule has 1 heterocycles. The van der Waals surface area contributed by atoms with Crippen LogP contribution in [0.4, 0.5) is 4.79 Å². The smallest absolute Gasteiger partial charge is 0.317 e. The van der Waals surface area contributed by atoms with Crippen LogP contribution in [0.3, 0.4) is 0 Å². The molecule has 2 fully saturated rings. The van der Waals surface area contributed by atoms with Gasteiger partial charge < -0.3 is 10.2 Å². The minimum Gasteiger partial charge on any atom is -0.335 e. The van der Waals surface area contributed by atoms with Crippen molar-refractivity contribution in [3.63, 3.8) is 0 Å². The molecule has 7 nitrogen and oxygen atoms in total. The van der Waals surface area contributed by atoms with Crippen molar-refractivity contribution in [2.24, 2.45) is 0 Å². The highest BCUT2D eigenvalue weighted by molar-refractivity contribution is 7.89. The zero-order valence-corrected chi connectivity index (χ0v) is 15.5. The average molecular weight is 376 g/mol. The molecular weight excluding hydrogens is 352 g/mol. The lowest BCUT2D eigenvalue weighted by atomic mass is 9.96. The quantitative estimate of drug-likeness (QED) is 0.872. The minimum absolute atomic E-state index is 0.0904. The molecule has 1 N–H and O–H groups in total. The molecule has 0 bridgehead atoms. The van der Waals surface area contributed by atoms with Crippen molar-refractivity contribution in [2.45, 2.75) is 43.0 Å². The van der Waals surface area contributed by atoms with Gasteiger partial charge in [0.2, 0.25) is 10.0 Å². The highest BCUT2D eigenvalue weighted by Gasteiger charge is 2.30. The molecule has 1 aliphatic carbocycles. The number of nitrogens with one attached hydrogen (secondary N) is 1. The second kappa shape index (κ2) is 8.06. The average Bonchev–Trinajstić information content (AvgIpc) is 2.69. The minimum atomic E-state index is -3.60. The van der Waals surface area contributed by atoms with Gasteiger partial charge in [0, 0.05) is 32.2 Å². The highest BCUT2D eigenvalue weighted by atomic mass is 32.2. The summed E-state index contributed by atoms with van der Waals surface area (Å²) in [6, 6.07) is 8.04. The normalized spacial score (nSPS) is 19.7. The summed E-state index contributed by atoms with van der Waals surface area (Å²) < 4.78 is 26.8. The molecule has 0 radical (unpaired) electrons. The Morgan fingerprint density at radius 3 is 2.23 bits per heavy atom. The van der Waals surface area contributed by atoms with E-state index in [-0.39, 0.29) is 30.1 Å². The first-order valence-electron chi connectivity index (χ1n) is 9.06. The summed E-state index contributed by atoms with van der Waals surface area (Å²) >= 11 is 0. The standard InChI is InChI=1S/C18H24N4O3S/c19-14-15-6-8-17(9-7-15)26(24,25)22-12-10-21(11-13-22)18(23)20-16-4-2-1-3-5-16/h6-9,16H,1-5,10-13H2,(H,20,23). The number of nitriles is 1. The van der Waals surface area contributed by atoms with E-state index in [0.29, 0.717) is 18.7 Å². The molecule has 0 atom stereocenters. The van der Waals surface area contributed by atoms with Crippen LogP contribution in [0.5, 0.6) is 0 Å². The van der Waals surface area contributed by atoms with Crippen LogP contribution in [0, 0.1) is 11.3 Å². The maximum absolute atomic E-state index is 12.7. The fourth-order valence-corrected chi connectivity index (χ4v) is 4.92. The third-order valence-electron chi connectivity index (χ3n) is 5.08. The zero-order valence-electron chi connectivity index (χ0n) is 14.7. The van der Waals surface area contributed by atoms with E-state index in [1.54, 1.807) is 4.90 Å². The van der Waals surface area contributed by atoms with Gasteiger partial charge in [0.25, 0.3) is 0 Å². The van der Waals surface area contributed by atoms with Gasteiger partial charge in [-0.15, -0.1) is 0 Å². The van der Waals surface area contributed by atoms with Crippen molar-refractivity contribution in [3.05, 3.63) is 29.8 Å². The topological polar surface area (TPSA) is 93.5 Å². The van der Waals surface area contributed by atoms with Gasteiger partial charge in [0.1, 0.15) is 0 Å². The summed E-state index contributed by atoms with van der Waals surface area (Å²) in [6.07, 6.45) is 5.60. The summed E-state index contributed by atoms with van der Waals surface area (Å²) in [4.78, 5) is 14.3. The monoisotopic (exact) mass is 376 g/mol. The number of benzene rings is 1. The second-order valence-electron chi connectivity index (χ2n) is 6.81. The molecular formula is C18H24N4O3S. The number of hydrogen-bond acceptors (Lipinski definition) is 4. The first-order chi connectivity index (χ1) is 12.5. The molecule has 0 unspecified atom stereocenters. The SMILES string of the molecule is N#Cc1ccc(S(=O)(=O)N2CCN(C(=O)NC3CCCCC3)CC2)cc1. The number of sulfonamides is 1. The summed E-state index contributed by atoms with van der Waals surface area (Å²) in [6.45, 7) is 1.32. The van der Waals surface area contributed by atoms with Crippen LogP contribution in [-0.2, 0) is 10.0 Å². The lowest BCUT2D eigenvalue weighted by Gasteiger charge is -2.35. The molecule has 1 saturated heterocycles. The largest absolute Gasteiger partial charge is 0.335 e. The number of carbonyl (C=O) groups is 1. The van der Waals surface area contributed by atoms with E-state index in [4.69, 9.17) is 5.26 Å². The van der Waals surface area contributed by atoms with Gasteiger partial charge >= 0.3 is 6.03 Å². The van der Waals surface area contributed by atoms with Crippen LogP contribution >= 0.6 is 0 Å². The number of hydrogen-bond donors (Lipinski definition) is 1. The van der Waals surface area contributed by atoms with Crippen LogP contribution in [0.15, 0.2) is 29.2 Å². The molecule has 0 spiro atoms. The number of amides is 2. The van der Waals surface area contributed by atoms with Crippen LogP contribution in [0.2, 0.25) is 0 Å². The van der Waals surface area contributed by atoms with Crippen molar-refractivity contribution in [2.75, 3.05) is 26.2 Å². The summed E-state index contributed by atoms with van der Waals surface area (Å²) in [5, 5.41) is 11.9. The van der Waals surface area contributed by atoms with E-state index >= 15 is 0 Å². The van der Waals surface area contributed by atoms with Gasteiger partial charge in [-0.3, -0.25) is 0 Å². The van der Waals surface area contributed by atoms with E-state index in [2.05, 4.69) is 5.32 Å². The molecule has 1 aromatic carbocycles. The molecule has 1 saturated carbocycles. The van der Waals surface area contributed by atoms with Gasteiger partial charge in [-0.05, 0) is 37.1 Å². The Balaban J connectivity index is 1.56. The van der Waals surface area contributed by atoms with Crippen LogP contribution in [0.1, 0.15) is 37.7 Å². The third kappa shape index (κ3) is 4.17. The number of urea groups is 1. The van der Waals surface area contributed by atoms with E-state index in [1.165, 1.54) is 35.0 Å². The Hall–Kier alpha value is -2.11. The Morgan fingerprint density at radius 1 is 1.04 bits per heavy atom. The van der Waals surface area contributed by atoms with Crippen molar-refractivity contribution in [3.8, 4) is 6.07 Å².